The summed E-state index contributed by atoms with van der Waals surface area (Å²) in [5.41, 5.74) is 3.66. The quantitative estimate of drug-likeness (QED) is 0.179. The number of nitrogens with zero attached hydrogens (tertiary/aromatic N) is 2. The first-order valence-corrected chi connectivity index (χ1v) is 13.1. The molecule has 0 aliphatic rings. The monoisotopic (exact) mass is 546 g/mol. The molecule has 9 nitrogen and oxygen atoms in total. The fourth-order valence-electron chi connectivity index (χ4n) is 3.39. The maximum Gasteiger partial charge on any atom is 0.220 e. The molecule has 0 amide bonds. The first-order valence-electron chi connectivity index (χ1n) is 13.1. The number of alkyl halides is 1. The maximum absolute atomic E-state index is 11.8. The molecule has 0 N–H and O–H groups in total. The summed E-state index contributed by atoms with van der Waals surface area (Å²) in [7, 11) is 4.03. The van der Waals surface area contributed by atoms with Gasteiger partial charge >= 0.3 is 0 Å². The van der Waals surface area contributed by atoms with Crippen molar-refractivity contribution in [3.63, 3.8) is 0 Å². The molecule has 1 heterocycles. The second-order valence-electron chi connectivity index (χ2n) is 8.60. The van der Waals surface area contributed by atoms with Crippen molar-refractivity contribution in [2.45, 2.75) is 0 Å². The summed E-state index contributed by atoms with van der Waals surface area (Å²) >= 11 is 0. The molecule has 10 heteroatoms. The first-order chi connectivity index (χ1) is 19.2. The number of aromatic nitrogens is 1. The lowest BCUT2D eigenvalue weighted by Gasteiger charge is -2.11. The molecule has 0 bridgehead atoms. The van der Waals surface area contributed by atoms with Gasteiger partial charge in [-0.3, -0.25) is 0 Å². The van der Waals surface area contributed by atoms with E-state index in [1.165, 1.54) is 0 Å². The highest BCUT2D eigenvalue weighted by atomic mass is 19.1. The molecule has 0 unspecified atom stereocenters. The molecular weight excluding hydrogens is 507 g/mol. The van der Waals surface area contributed by atoms with Crippen LogP contribution in [-0.2, 0) is 23.7 Å². The van der Waals surface area contributed by atoms with Crippen LogP contribution >= 0.6 is 0 Å². The molecule has 214 valence electrons. The Kier molecular flexibility index (Phi) is 14.3. The zero-order valence-electron chi connectivity index (χ0n) is 22.8. The molecule has 0 radical (unpaired) electrons. The van der Waals surface area contributed by atoms with Crippen LogP contribution < -0.4 is 9.64 Å². The van der Waals surface area contributed by atoms with Crippen LogP contribution in [0, 0.1) is 0 Å². The lowest BCUT2D eigenvalue weighted by molar-refractivity contribution is -0.0133. The van der Waals surface area contributed by atoms with Crippen LogP contribution in [-0.4, -0.2) is 98.4 Å². The minimum absolute atomic E-state index is 0.113. The number of benzene rings is 2. The second kappa shape index (κ2) is 18.3. The smallest absolute Gasteiger partial charge is 0.220 e. The predicted octanol–water partition coefficient (Wildman–Crippen LogP) is 4.50. The lowest BCUT2D eigenvalue weighted by Crippen LogP contribution is -2.14. The number of hydrogen-bond donors (Lipinski definition) is 0. The largest absolute Gasteiger partial charge is 0.491 e. The molecule has 2 aromatic carbocycles. The van der Waals surface area contributed by atoms with E-state index in [1.54, 1.807) is 0 Å². The summed E-state index contributed by atoms with van der Waals surface area (Å²) in [5.74, 6) is 1.24. The molecular formula is C29H39FN2O7. The molecule has 0 aliphatic carbocycles. The van der Waals surface area contributed by atoms with Gasteiger partial charge in [0.2, 0.25) is 5.89 Å². The minimum Gasteiger partial charge on any atom is -0.491 e. The zero-order chi connectivity index (χ0) is 27.5. The van der Waals surface area contributed by atoms with E-state index >= 15 is 0 Å². The van der Waals surface area contributed by atoms with Crippen molar-refractivity contribution in [1.29, 1.82) is 0 Å². The van der Waals surface area contributed by atoms with Crippen LogP contribution in [0.2, 0.25) is 0 Å². The first kappa shape index (κ1) is 30.5. The van der Waals surface area contributed by atoms with Gasteiger partial charge in [-0.1, -0.05) is 12.1 Å². The Morgan fingerprint density at radius 3 is 1.85 bits per heavy atom. The van der Waals surface area contributed by atoms with Crippen LogP contribution in [0.5, 0.6) is 5.75 Å². The van der Waals surface area contributed by atoms with Crippen LogP contribution in [0.15, 0.2) is 46.9 Å². The van der Waals surface area contributed by atoms with Crippen molar-refractivity contribution in [1.82, 2.24) is 4.98 Å². The van der Waals surface area contributed by atoms with Gasteiger partial charge in [-0.15, -0.1) is 0 Å². The molecule has 3 rings (SSSR count). The molecule has 1 aromatic heterocycles. The minimum atomic E-state index is -0.475. The van der Waals surface area contributed by atoms with Crippen LogP contribution in [0.3, 0.4) is 0 Å². The Labute approximate surface area is 229 Å². The van der Waals surface area contributed by atoms with Gasteiger partial charge in [0, 0.05) is 31.9 Å². The van der Waals surface area contributed by atoms with Gasteiger partial charge in [0.05, 0.1) is 66.1 Å². The van der Waals surface area contributed by atoms with Gasteiger partial charge in [0.25, 0.3) is 0 Å². The third-order valence-corrected chi connectivity index (χ3v) is 5.41. The number of rotatable bonds is 21. The SMILES string of the molecule is CN(C)c1ccc(C=Cc2nc3ccc(OCCOCCOCCOCCOCCOCCF)cc3o2)cc1. The Morgan fingerprint density at radius 2 is 1.28 bits per heavy atom. The summed E-state index contributed by atoms with van der Waals surface area (Å²) in [5, 5.41) is 0. The van der Waals surface area contributed by atoms with Crippen molar-refractivity contribution in [3.8, 4) is 5.75 Å². The summed E-state index contributed by atoms with van der Waals surface area (Å²) in [6, 6.07) is 13.8. The highest BCUT2D eigenvalue weighted by molar-refractivity contribution is 5.77. The van der Waals surface area contributed by atoms with E-state index in [1.807, 2.05) is 44.4 Å². The molecule has 39 heavy (non-hydrogen) atoms. The Bertz CT molecular complexity index is 1090. The standard InChI is InChI=1S/C29H39FN2O7/c1-32(2)25-6-3-24(4-7-25)5-10-29-31-27-9-8-26(23-28(27)39-29)38-22-21-37-20-19-36-18-17-35-16-15-34-14-13-33-12-11-30/h3-10,23H,11-22H2,1-2H3. The number of halogens is 1. The fourth-order valence-corrected chi connectivity index (χ4v) is 3.39. The van der Waals surface area contributed by atoms with E-state index in [9.17, 15) is 4.39 Å². The lowest BCUT2D eigenvalue weighted by atomic mass is 10.2. The van der Waals surface area contributed by atoms with Crippen molar-refractivity contribution in [2.75, 3.05) is 98.3 Å². The van der Waals surface area contributed by atoms with Crippen molar-refractivity contribution in [2.24, 2.45) is 0 Å². The summed E-state index contributed by atoms with van der Waals surface area (Å²) in [4.78, 5) is 6.57. The number of ether oxygens (including phenoxy) is 6. The van der Waals surface area contributed by atoms with Crippen molar-refractivity contribution >= 4 is 28.9 Å². The van der Waals surface area contributed by atoms with E-state index in [0.29, 0.717) is 83.3 Å². The van der Waals surface area contributed by atoms with Crippen LogP contribution in [0.4, 0.5) is 10.1 Å². The van der Waals surface area contributed by atoms with E-state index in [0.717, 1.165) is 16.8 Å². The van der Waals surface area contributed by atoms with Crippen LogP contribution in [0.1, 0.15) is 11.5 Å². The highest BCUT2D eigenvalue weighted by Crippen LogP contribution is 2.23. The number of fused-ring (bicyclic) bond motifs is 1. The van der Waals surface area contributed by atoms with Gasteiger partial charge in [0.15, 0.2) is 5.58 Å². The van der Waals surface area contributed by atoms with Gasteiger partial charge in [-0.05, 0) is 35.9 Å². The third kappa shape index (κ3) is 12.1. The fraction of sp³-hybridized carbons (Fsp3) is 0.483. The Hall–Kier alpha value is -3.02. The molecule has 3 aromatic rings. The third-order valence-electron chi connectivity index (χ3n) is 5.41. The van der Waals surface area contributed by atoms with Gasteiger partial charge in [-0.25, -0.2) is 9.37 Å². The predicted molar refractivity (Wildman–Crippen MR) is 149 cm³/mol. The van der Waals surface area contributed by atoms with Gasteiger partial charge in [-0.2, -0.15) is 0 Å². The number of anilines is 1. The summed E-state index contributed by atoms with van der Waals surface area (Å²) < 4.78 is 50.1. The van der Waals surface area contributed by atoms with E-state index in [4.69, 9.17) is 32.8 Å². The van der Waals surface area contributed by atoms with E-state index in [2.05, 4.69) is 34.1 Å². The Balaban J connectivity index is 1.22. The maximum atomic E-state index is 11.8. The second-order valence-corrected chi connectivity index (χ2v) is 8.60. The Morgan fingerprint density at radius 1 is 0.718 bits per heavy atom. The topological polar surface area (TPSA) is 84.7 Å². The zero-order valence-corrected chi connectivity index (χ0v) is 22.8. The molecule has 0 fully saturated rings. The van der Waals surface area contributed by atoms with E-state index in [-0.39, 0.29) is 6.61 Å². The highest BCUT2D eigenvalue weighted by Gasteiger charge is 2.05. The number of hydrogen-bond acceptors (Lipinski definition) is 9. The average Bonchev–Trinajstić information content (AvgIpc) is 3.36. The molecule has 0 saturated heterocycles. The average molecular weight is 547 g/mol. The number of oxazole rings is 1. The normalized spacial score (nSPS) is 11.6. The molecule has 0 atom stereocenters. The van der Waals surface area contributed by atoms with E-state index < -0.39 is 6.67 Å². The van der Waals surface area contributed by atoms with Gasteiger partial charge < -0.3 is 37.7 Å². The summed E-state index contributed by atoms with van der Waals surface area (Å²) in [6.07, 6.45) is 3.83. The van der Waals surface area contributed by atoms with Crippen molar-refractivity contribution < 1.29 is 37.2 Å². The van der Waals surface area contributed by atoms with Crippen molar-refractivity contribution in [3.05, 3.63) is 53.9 Å². The molecule has 0 aliphatic heterocycles. The summed E-state index contributed by atoms with van der Waals surface area (Å²) in [6.45, 7) is 4.18. The molecule has 0 spiro atoms. The van der Waals surface area contributed by atoms with Crippen LogP contribution in [0.25, 0.3) is 23.3 Å². The molecule has 0 saturated carbocycles. The van der Waals surface area contributed by atoms with Gasteiger partial charge in [0.1, 0.15) is 24.5 Å².